The number of nitrogens with zero attached hydrogens (tertiary/aromatic N) is 3. The number of pyridine rings is 2. The number of amides is 2. The van der Waals surface area contributed by atoms with E-state index in [1.807, 2.05) is 56.4 Å². The van der Waals surface area contributed by atoms with Crippen LogP contribution in [0.4, 0.5) is 0 Å². The fourth-order valence-electron chi connectivity index (χ4n) is 4.03. The van der Waals surface area contributed by atoms with Crippen LogP contribution in [-0.4, -0.2) is 58.0 Å². The van der Waals surface area contributed by atoms with E-state index >= 15 is 0 Å². The number of nitrogens with one attached hydrogen (secondary N) is 1. The first kappa shape index (κ1) is 22.6. The molecular formula is C26H28N4O3. The molecule has 1 aliphatic rings. The molecule has 2 aromatic heterocycles. The molecule has 1 N–H and O–H groups in total. The quantitative estimate of drug-likeness (QED) is 0.632. The van der Waals surface area contributed by atoms with Crippen LogP contribution in [0.5, 0.6) is 0 Å². The number of hydrogen-bond acceptors (Lipinski definition) is 5. The summed E-state index contributed by atoms with van der Waals surface area (Å²) >= 11 is 0. The monoisotopic (exact) mass is 444 g/mol. The predicted molar refractivity (Wildman–Crippen MR) is 125 cm³/mol. The van der Waals surface area contributed by atoms with Gasteiger partial charge in [-0.15, -0.1) is 0 Å². The van der Waals surface area contributed by atoms with Gasteiger partial charge in [0.05, 0.1) is 18.7 Å². The number of carbonyl (C=O) groups excluding carboxylic acids is 2. The van der Waals surface area contributed by atoms with Crippen molar-refractivity contribution in [1.82, 2.24) is 20.2 Å². The minimum Gasteiger partial charge on any atom is -0.361 e. The van der Waals surface area contributed by atoms with Crippen LogP contribution in [0.1, 0.15) is 29.8 Å². The fraction of sp³-hybridized carbons (Fsp3) is 0.308. The van der Waals surface area contributed by atoms with Crippen LogP contribution in [0.3, 0.4) is 0 Å². The second-order valence-corrected chi connectivity index (χ2v) is 8.55. The molecule has 7 nitrogen and oxygen atoms in total. The smallest absolute Gasteiger partial charge is 0.255 e. The van der Waals surface area contributed by atoms with Crippen molar-refractivity contribution in [3.8, 4) is 11.1 Å². The average Bonchev–Trinajstić information content (AvgIpc) is 2.85. The molecule has 1 atom stereocenters. The van der Waals surface area contributed by atoms with E-state index in [2.05, 4.69) is 15.3 Å². The maximum absolute atomic E-state index is 13.3. The highest BCUT2D eigenvalue weighted by Gasteiger charge is 2.45. The van der Waals surface area contributed by atoms with Crippen molar-refractivity contribution in [3.63, 3.8) is 0 Å². The lowest BCUT2D eigenvalue weighted by Gasteiger charge is -2.42. The maximum atomic E-state index is 13.3. The van der Waals surface area contributed by atoms with Crippen LogP contribution in [0, 0.1) is 0 Å². The standard InChI is InChI=1S/C26H28N4O3/c1-19(2)29-25(32)26(15-20-7-9-21(10-8-20)22-5-3-11-27-16-22)18-30(13-14-33-26)24(31)23-6-4-12-28-17-23/h3-12,16-17,19H,13-15,18H2,1-2H3,(H,29,32)/t26-/m1/s1. The number of hydrogen-bond donors (Lipinski definition) is 1. The molecule has 1 saturated heterocycles. The van der Waals surface area contributed by atoms with E-state index in [0.717, 1.165) is 16.7 Å². The van der Waals surface area contributed by atoms with Gasteiger partial charge in [-0.1, -0.05) is 30.3 Å². The van der Waals surface area contributed by atoms with Gasteiger partial charge in [-0.05, 0) is 48.7 Å². The van der Waals surface area contributed by atoms with Crippen molar-refractivity contribution in [2.75, 3.05) is 19.7 Å². The lowest BCUT2D eigenvalue weighted by molar-refractivity contribution is -0.157. The Kier molecular flexibility index (Phi) is 6.79. The number of ether oxygens (including phenoxy) is 1. The summed E-state index contributed by atoms with van der Waals surface area (Å²) in [7, 11) is 0. The number of aromatic nitrogens is 2. The Balaban J connectivity index is 1.59. The van der Waals surface area contributed by atoms with E-state index in [0.29, 0.717) is 18.5 Å². The molecule has 170 valence electrons. The van der Waals surface area contributed by atoms with E-state index in [-0.39, 0.29) is 31.0 Å². The number of carbonyl (C=O) groups is 2. The summed E-state index contributed by atoms with van der Waals surface area (Å²) in [5, 5.41) is 2.99. The summed E-state index contributed by atoms with van der Waals surface area (Å²) in [5.74, 6) is -0.363. The SMILES string of the molecule is CC(C)NC(=O)[C@@]1(Cc2ccc(-c3cccnc3)cc2)CN(C(=O)c2cccnc2)CCO1. The molecule has 7 heteroatoms. The highest BCUT2D eigenvalue weighted by molar-refractivity contribution is 5.95. The molecule has 0 spiro atoms. The Labute approximate surface area is 193 Å². The predicted octanol–water partition coefficient (Wildman–Crippen LogP) is 3.12. The molecule has 33 heavy (non-hydrogen) atoms. The van der Waals surface area contributed by atoms with Crippen molar-refractivity contribution < 1.29 is 14.3 Å². The van der Waals surface area contributed by atoms with Crippen molar-refractivity contribution in [2.24, 2.45) is 0 Å². The Morgan fingerprint density at radius 1 is 1.03 bits per heavy atom. The van der Waals surface area contributed by atoms with Crippen LogP contribution in [0.25, 0.3) is 11.1 Å². The third-order valence-electron chi connectivity index (χ3n) is 5.65. The van der Waals surface area contributed by atoms with Crippen LogP contribution in [0.2, 0.25) is 0 Å². The normalized spacial score (nSPS) is 18.2. The van der Waals surface area contributed by atoms with Gasteiger partial charge in [0.25, 0.3) is 11.8 Å². The highest BCUT2D eigenvalue weighted by Crippen LogP contribution is 2.27. The van der Waals surface area contributed by atoms with E-state index in [4.69, 9.17) is 4.74 Å². The van der Waals surface area contributed by atoms with Gasteiger partial charge >= 0.3 is 0 Å². The zero-order chi connectivity index (χ0) is 23.3. The molecule has 3 aromatic rings. The second kappa shape index (κ2) is 9.92. The van der Waals surface area contributed by atoms with Crippen LogP contribution < -0.4 is 5.32 Å². The average molecular weight is 445 g/mol. The van der Waals surface area contributed by atoms with E-state index in [9.17, 15) is 9.59 Å². The van der Waals surface area contributed by atoms with Crippen LogP contribution >= 0.6 is 0 Å². The minimum absolute atomic E-state index is 0.0460. The molecule has 1 aliphatic heterocycles. The highest BCUT2D eigenvalue weighted by atomic mass is 16.5. The summed E-state index contributed by atoms with van der Waals surface area (Å²) in [6.45, 7) is 4.70. The largest absolute Gasteiger partial charge is 0.361 e. The summed E-state index contributed by atoms with van der Waals surface area (Å²) in [6, 6.07) is 15.4. The third-order valence-corrected chi connectivity index (χ3v) is 5.65. The van der Waals surface area contributed by atoms with Crippen molar-refractivity contribution in [1.29, 1.82) is 0 Å². The molecule has 1 fully saturated rings. The Morgan fingerprint density at radius 2 is 1.76 bits per heavy atom. The number of benzene rings is 1. The molecule has 3 heterocycles. The van der Waals surface area contributed by atoms with Gasteiger partial charge in [0.2, 0.25) is 0 Å². The van der Waals surface area contributed by atoms with Gasteiger partial charge in [-0.25, -0.2) is 0 Å². The van der Waals surface area contributed by atoms with E-state index in [1.54, 1.807) is 35.6 Å². The minimum atomic E-state index is -1.17. The number of morpholine rings is 1. The third kappa shape index (κ3) is 5.26. The summed E-state index contributed by atoms with van der Waals surface area (Å²) < 4.78 is 6.13. The van der Waals surface area contributed by atoms with E-state index in [1.165, 1.54) is 0 Å². The first-order valence-corrected chi connectivity index (χ1v) is 11.1. The zero-order valence-corrected chi connectivity index (χ0v) is 18.9. The van der Waals surface area contributed by atoms with Gasteiger partial charge in [0, 0.05) is 43.8 Å². The lowest BCUT2D eigenvalue weighted by Crippen LogP contribution is -2.62. The van der Waals surface area contributed by atoms with Gasteiger partial charge in [-0.2, -0.15) is 0 Å². The van der Waals surface area contributed by atoms with Gasteiger partial charge in [-0.3, -0.25) is 19.6 Å². The van der Waals surface area contributed by atoms with Gasteiger partial charge in [0.1, 0.15) is 0 Å². The first-order chi connectivity index (χ1) is 16.0. The summed E-state index contributed by atoms with van der Waals surface area (Å²) in [6.07, 6.45) is 7.10. The molecule has 2 amide bonds. The lowest BCUT2D eigenvalue weighted by atomic mass is 9.90. The number of rotatable bonds is 6. The summed E-state index contributed by atoms with van der Waals surface area (Å²) in [5.41, 5.74) is 2.36. The maximum Gasteiger partial charge on any atom is 0.255 e. The summed E-state index contributed by atoms with van der Waals surface area (Å²) in [4.78, 5) is 36.3. The molecule has 0 unspecified atom stereocenters. The zero-order valence-electron chi connectivity index (χ0n) is 18.9. The fourth-order valence-corrected chi connectivity index (χ4v) is 4.03. The first-order valence-electron chi connectivity index (χ1n) is 11.1. The van der Waals surface area contributed by atoms with Crippen molar-refractivity contribution >= 4 is 11.8 Å². The molecule has 0 aliphatic carbocycles. The Hall–Kier alpha value is -3.58. The van der Waals surface area contributed by atoms with Crippen molar-refractivity contribution in [2.45, 2.75) is 31.9 Å². The molecule has 0 radical (unpaired) electrons. The molecule has 4 rings (SSSR count). The molecule has 0 bridgehead atoms. The Bertz CT molecular complexity index is 1090. The van der Waals surface area contributed by atoms with Crippen molar-refractivity contribution in [3.05, 3.63) is 84.4 Å². The van der Waals surface area contributed by atoms with Crippen LogP contribution in [0.15, 0.2) is 73.3 Å². The topological polar surface area (TPSA) is 84.4 Å². The Morgan fingerprint density at radius 3 is 2.39 bits per heavy atom. The van der Waals surface area contributed by atoms with E-state index < -0.39 is 5.60 Å². The van der Waals surface area contributed by atoms with Crippen LogP contribution in [-0.2, 0) is 16.0 Å². The molecule has 1 aromatic carbocycles. The van der Waals surface area contributed by atoms with Gasteiger partial charge in [0.15, 0.2) is 5.60 Å². The van der Waals surface area contributed by atoms with Gasteiger partial charge < -0.3 is 15.0 Å². The molecular weight excluding hydrogens is 416 g/mol. The molecule has 0 saturated carbocycles. The second-order valence-electron chi connectivity index (χ2n) is 8.55.